The van der Waals surface area contributed by atoms with Gasteiger partial charge in [-0.15, -0.1) is 0 Å². The van der Waals surface area contributed by atoms with E-state index in [0.717, 1.165) is 29.3 Å². The lowest BCUT2D eigenvalue weighted by Crippen LogP contribution is -2.00. The van der Waals surface area contributed by atoms with Crippen LogP contribution in [0.25, 0.3) is 0 Å². The molecule has 2 aromatic carbocycles. The Labute approximate surface area is 126 Å². The Morgan fingerprint density at radius 2 is 1.57 bits per heavy atom. The molecule has 3 heteroatoms. The first-order valence-corrected chi connectivity index (χ1v) is 7.18. The van der Waals surface area contributed by atoms with Crippen molar-refractivity contribution in [3.63, 3.8) is 0 Å². The molecule has 2 rings (SSSR count). The molecular weight excluding hydrogens is 262 g/mol. The van der Waals surface area contributed by atoms with Crippen molar-refractivity contribution >= 4 is 5.69 Å². The summed E-state index contributed by atoms with van der Waals surface area (Å²) in [5.74, 6) is 2.07. The van der Waals surface area contributed by atoms with Crippen LogP contribution in [-0.4, -0.2) is 14.2 Å². The van der Waals surface area contributed by atoms with E-state index >= 15 is 0 Å². The Morgan fingerprint density at radius 1 is 0.905 bits per heavy atom. The molecule has 0 aromatic heterocycles. The minimum absolute atomic E-state index is 0.560. The molecule has 0 radical (unpaired) electrons. The topological polar surface area (TPSA) is 30.5 Å². The predicted molar refractivity (Wildman–Crippen MR) is 87.4 cm³/mol. The van der Waals surface area contributed by atoms with Gasteiger partial charge in [0.2, 0.25) is 0 Å². The number of ether oxygens (including phenoxy) is 2. The summed E-state index contributed by atoms with van der Waals surface area (Å²) in [7, 11) is 3.30. The zero-order valence-corrected chi connectivity index (χ0v) is 13.1. The highest BCUT2D eigenvalue weighted by atomic mass is 16.5. The van der Waals surface area contributed by atoms with Crippen molar-refractivity contribution in [2.24, 2.45) is 0 Å². The number of anilines is 1. The minimum atomic E-state index is 0.560. The second-order valence-corrected chi connectivity index (χ2v) is 5.32. The molecule has 1 N–H and O–H groups in total. The van der Waals surface area contributed by atoms with Crippen LogP contribution in [0.5, 0.6) is 11.5 Å². The number of methoxy groups -OCH3 is 2. The van der Waals surface area contributed by atoms with E-state index in [-0.39, 0.29) is 0 Å². The van der Waals surface area contributed by atoms with Crippen LogP contribution in [0, 0.1) is 0 Å². The Kier molecular flexibility index (Phi) is 5.09. The van der Waals surface area contributed by atoms with Gasteiger partial charge < -0.3 is 14.8 Å². The number of benzene rings is 2. The molecule has 0 spiro atoms. The Morgan fingerprint density at radius 3 is 2.14 bits per heavy atom. The van der Waals surface area contributed by atoms with Gasteiger partial charge in [0.25, 0.3) is 0 Å². The maximum atomic E-state index is 5.32. The standard InChI is InChI=1S/C18H23NO2/c1-13(2)15-6-8-16(9-7-15)19-12-14-5-10-17(20-3)18(11-14)21-4/h5-11,13,19H,12H2,1-4H3. The smallest absolute Gasteiger partial charge is 0.161 e. The molecule has 0 atom stereocenters. The van der Waals surface area contributed by atoms with Crippen molar-refractivity contribution in [1.29, 1.82) is 0 Å². The van der Waals surface area contributed by atoms with Gasteiger partial charge in [-0.25, -0.2) is 0 Å². The third-order valence-corrected chi connectivity index (χ3v) is 3.52. The van der Waals surface area contributed by atoms with Crippen molar-refractivity contribution in [1.82, 2.24) is 0 Å². The molecule has 0 aliphatic rings. The van der Waals surface area contributed by atoms with E-state index in [1.165, 1.54) is 5.56 Å². The van der Waals surface area contributed by atoms with E-state index in [9.17, 15) is 0 Å². The van der Waals surface area contributed by atoms with E-state index in [2.05, 4.69) is 43.4 Å². The number of nitrogens with one attached hydrogen (secondary N) is 1. The molecule has 0 fully saturated rings. The van der Waals surface area contributed by atoms with Crippen LogP contribution in [0.15, 0.2) is 42.5 Å². The molecule has 0 heterocycles. The van der Waals surface area contributed by atoms with Gasteiger partial charge in [-0.3, -0.25) is 0 Å². The fourth-order valence-corrected chi connectivity index (χ4v) is 2.18. The Bertz CT molecular complexity index is 576. The highest BCUT2D eigenvalue weighted by Crippen LogP contribution is 2.28. The fourth-order valence-electron chi connectivity index (χ4n) is 2.18. The van der Waals surface area contributed by atoms with Gasteiger partial charge in [-0.1, -0.05) is 32.0 Å². The lowest BCUT2D eigenvalue weighted by molar-refractivity contribution is 0.354. The molecule has 3 nitrogen and oxygen atoms in total. The first-order valence-electron chi connectivity index (χ1n) is 7.18. The lowest BCUT2D eigenvalue weighted by atomic mass is 10.0. The molecule has 0 amide bonds. The zero-order valence-electron chi connectivity index (χ0n) is 13.1. The molecule has 0 aliphatic heterocycles. The van der Waals surface area contributed by atoms with E-state index in [0.29, 0.717) is 5.92 Å². The average Bonchev–Trinajstić information content (AvgIpc) is 2.52. The summed E-state index contributed by atoms with van der Waals surface area (Å²) in [5.41, 5.74) is 3.63. The summed E-state index contributed by atoms with van der Waals surface area (Å²) in [6, 6.07) is 14.5. The van der Waals surface area contributed by atoms with Gasteiger partial charge in [0.1, 0.15) is 0 Å². The highest BCUT2D eigenvalue weighted by Gasteiger charge is 2.04. The maximum absolute atomic E-state index is 5.32. The van der Waals surface area contributed by atoms with Crippen LogP contribution in [0.2, 0.25) is 0 Å². The quantitative estimate of drug-likeness (QED) is 0.851. The second-order valence-electron chi connectivity index (χ2n) is 5.32. The molecule has 0 aliphatic carbocycles. The van der Waals surface area contributed by atoms with E-state index in [1.54, 1.807) is 14.2 Å². The van der Waals surface area contributed by atoms with Crippen molar-refractivity contribution in [2.45, 2.75) is 26.3 Å². The summed E-state index contributed by atoms with van der Waals surface area (Å²) in [6.07, 6.45) is 0. The van der Waals surface area contributed by atoms with Crippen LogP contribution in [0.3, 0.4) is 0 Å². The molecule has 2 aromatic rings. The summed E-state index contributed by atoms with van der Waals surface area (Å²) >= 11 is 0. The monoisotopic (exact) mass is 285 g/mol. The number of hydrogen-bond donors (Lipinski definition) is 1. The van der Waals surface area contributed by atoms with Gasteiger partial charge in [0, 0.05) is 12.2 Å². The SMILES string of the molecule is COc1ccc(CNc2ccc(C(C)C)cc2)cc1OC. The zero-order chi connectivity index (χ0) is 15.2. The minimum Gasteiger partial charge on any atom is -0.493 e. The van der Waals surface area contributed by atoms with Crippen LogP contribution < -0.4 is 14.8 Å². The summed E-state index contributed by atoms with van der Waals surface area (Å²) in [5, 5.41) is 3.42. The first kappa shape index (κ1) is 15.2. The lowest BCUT2D eigenvalue weighted by Gasteiger charge is -2.12. The van der Waals surface area contributed by atoms with Crippen LogP contribution in [0.1, 0.15) is 30.9 Å². The molecule has 21 heavy (non-hydrogen) atoms. The predicted octanol–water partition coefficient (Wildman–Crippen LogP) is 4.44. The van der Waals surface area contributed by atoms with Crippen molar-refractivity contribution in [3.8, 4) is 11.5 Å². The third kappa shape index (κ3) is 3.91. The van der Waals surface area contributed by atoms with Gasteiger partial charge in [0.05, 0.1) is 14.2 Å². The average molecular weight is 285 g/mol. The van der Waals surface area contributed by atoms with Gasteiger partial charge in [0.15, 0.2) is 11.5 Å². The molecule has 0 unspecified atom stereocenters. The molecule has 0 saturated heterocycles. The molecule has 112 valence electrons. The second kappa shape index (κ2) is 7.02. The fraction of sp³-hybridized carbons (Fsp3) is 0.333. The van der Waals surface area contributed by atoms with Gasteiger partial charge in [-0.05, 0) is 41.3 Å². The van der Waals surface area contributed by atoms with Crippen LogP contribution >= 0.6 is 0 Å². The number of rotatable bonds is 6. The maximum Gasteiger partial charge on any atom is 0.161 e. The largest absolute Gasteiger partial charge is 0.493 e. The van der Waals surface area contributed by atoms with E-state index in [4.69, 9.17) is 9.47 Å². The summed E-state index contributed by atoms with van der Waals surface area (Å²) in [6.45, 7) is 5.15. The highest BCUT2D eigenvalue weighted by molar-refractivity contribution is 5.47. The van der Waals surface area contributed by atoms with Crippen LogP contribution in [0.4, 0.5) is 5.69 Å². The van der Waals surface area contributed by atoms with Gasteiger partial charge in [-0.2, -0.15) is 0 Å². The first-order chi connectivity index (χ1) is 10.1. The van der Waals surface area contributed by atoms with Crippen molar-refractivity contribution in [2.75, 3.05) is 19.5 Å². The summed E-state index contributed by atoms with van der Waals surface area (Å²) in [4.78, 5) is 0. The van der Waals surface area contributed by atoms with Gasteiger partial charge >= 0.3 is 0 Å². The summed E-state index contributed by atoms with van der Waals surface area (Å²) < 4.78 is 10.6. The molecule has 0 bridgehead atoms. The Hall–Kier alpha value is -2.16. The van der Waals surface area contributed by atoms with E-state index in [1.807, 2.05) is 18.2 Å². The molecular formula is C18H23NO2. The third-order valence-electron chi connectivity index (χ3n) is 3.52. The van der Waals surface area contributed by atoms with E-state index < -0.39 is 0 Å². The number of hydrogen-bond acceptors (Lipinski definition) is 3. The van der Waals surface area contributed by atoms with Crippen LogP contribution in [-0.2, 0) is 6.54 Å². The normalized spacial score (nSPS) is 10.5. The molecule has 0 saturated carbocycles. The van der Waals surface area contributed by atoms with Crippen molar-refractivity contribution < 1.29 is 9.47 Å². The van der Waals surface area contributed by atoms with Crippen molar-refractivity contribution in [3.05, 3.63) is 53.6 Å². The Balaban J connectivity index is 2.02.